The lowest BCUT2D eigenvalue weighted by Gasteiger charge is -2.19. The van der Waals surface area contributed by atoms with Crippen molar-refractivity contribution in [3.05, 3.63) is 53.8 Å². The average Bonchev–Trinajstić information content (AvgIpc) is 2.53. The van der Waals surface area contributed by atoms with E-state index in [4.69, 9.17) is 9.47 Å². The Kier molecular flexibility index (Phi) is 5.57. The number of Topliss-reactive ketones (excluding diaryl/α,β-unsaturated/α-hetero) is 1. The quantitative estimate of drug-likeness (QED) is 0.786. The van der Waals surface area contributed by atoms with Crippen molar-refractivity contribution in [1.29, 1.82) is 0 Å². The fourth-order valence-electron chi connectivity index (χ4n) is 2.26. The first-order chi connectivity index (χ1) is 11.0. The van der Waals surface area contributed by atoms with Crippen LogP contribution >= 0.6 is 0 Å². The number of rotatable bonds is 7. The van der Waals surface area contributed by atoms with E-state index >= 15 is 0 Å². The molecule has 0 aromatic heterocycles. The number of methoxy groups -OCH3 is 1. The lowest BCUT2D eigenvalue weighted by atomic mass is 10.1. The molecular weight excluding hydrogens is 297 g/mol. The molecule has 0 saturated heterocycles. The Hall–Kier alpha value is -2.56. The van der Waals surface area contributed by atoms with Crippen molar-refractivity contribution in [2.75, 3.05) is 19.0 Å². The third-order valence-corrected chi connectivity index (χ3v) is 3.34. The van der Waals surface area contributed by atoms with Crippen LogP contribution in [0.3, 0.4) is 0 Å². The summed E-state index contributed by atoms with van der Waals surface area (Å²) in [5.41, 5.74) is 0.532. The topological polar surface area (TPSA) is 47.6 Å². The summed E-state index contributed by atoms with van der Waals surface area (Å²) >= 11 is 0. The molecule has 0 aliphatic heterocycles. The number of carbonyl (C=O) groups is 1. The number of hydrogen-bond acceptors (Lipinski definition) is 4. The summed E-state index contributed by atoms with van der Waals surface area (Å²) in [5.74, 6) is 0.439. The molecule has 23 heavy (non-hydrogen) atoms. The van der Waals surface area contributed by atoms with Gasteiger partial charge in [0.2, 0.25) is 0 Å². The smallest absolute Gasteiger partial charge is 0.164 e. The molecule has 2 aromatic carbocycles. The van der Waals surface area contributed by atoms with Gasteiger partial charge in [-0.25, -0.2) is 4.39 Å². The minimum absolute atomic E-state index is 0.0667. The van der Waals surface area contributed by atoms with Gasteiger partial charge in [0.05, 0.1) is 19.2 Å². The normalized spacial score (nSPS) is 11.7. The van der Waals surface area contributed by atoms with Crippen LogP contribution in [-0.2, 0) is 0 Å². The maximum Gasteiger partial charge on any atom is 0.164 e. The van der Waals surface area contributed by atoms with E-state index < -0.39 is 5.82 Å². The Morgan fingerprint density at radius 3 is 2.52 bits per heavy atom. The van der Waals surface area contributed by atoms with E-state index in [2.05, 4.69) is 5.32 Å². The van der Waals surface area contributed by atoms with Gasteiger partial charge >= 0.3 is 0 Å². The van der Waals surface area contributed by atoms with Crippen molar-refractivity contribution < 1.29 is 18.7 Å². The van der Waals surface area contributed by atoms with Crippen molar-refractivity contribution in [3.63, 3.8) is 0 Å². The van der Waals surface area contributed by atoms with E-state index in [1.54, 1.807) is 19.2 Å². The highest BCUT2D eigenvalue weighted by molar-refractivity contribution is 5.99. The van der Waals surface area contributed by atoms with Gasteiger partial charge < -0.3 is 14.8 Å². The molecule has 2 rings (SSSR count). The Morgan fingerprint density at radius 2 is 1.87 bits per heavy atom. The molecule has 0 saturated carbocycles. The SMILES string of the molecule is COc1ccccc1OC(C)CNc1cccc(F)c1C(C)=O. The highest BCUT2D eigenvalue weighted by Crippen LogP contribution is 2.27. The molecular formula is C18H20FNO3. The van der Waals surface area contributed by atoms with Crippen molar-refractivity contribution >= 4 is 11.5 Å². The van der Waals surface area contributed by atoms with Gasteiger partial charge in [0, 0.05) is 5.69 Å². The number of nitrogens with one attached hydrogen (secondary N) is 1. The molecule has 0 aliphatic rings. The fraction of sp³-hybridized carbons (Fsp3) is 0.278. The third kappa shape index (κ3) is 4.22. The van der Waals surface area contributed by atoms with Crippen LogP contribution in [0.15, 0.2) is 42.5 Å². The number of benzene rings is 2. The van der Waals surface area contributed by atoms with Gasteiger partial charge in [0.15, 0.2) is 17.3 Å². The number of ether oxygens (including phenoxy) is 2. The molecule has 0 fully saturated rings. The average molecular weight is 317 g/mol. The highest BCUT2D eigenvalue weighted by Gasteiger charge is 2.14. The molecule has 1 atom stereocenters. The molecule has 0 bridgehead atoms. The second kappa shape index (κ2) is 7.63. The molecule has 0 spiro atoms. The van der Waals surface area contributed by atoms with Crippen LogP contribution in [0, 0.1) is 5.82 Å². The minimum Gasteiger partial charge on any atom is -0.493 e. The van der Waals surface area contributed by atoms with Crippen molar-refractivity contribution in [2.24, 2.45) is 0 Å². The van der Waals surface area contributed by atoms with Crippen molar-refractivity contribution in [2.45, 2.75) is 20.0 Å². The maximum absolute atomic E-state index is 13.8. The first-order valence-electron chi connectivity index (χ1n) is 7.36. The summed E-state index contributed by atoms with van der Waals surface area (Å²) in [4.78, 5) is 11.6. The Morgan fingerprint density at radius 1 is 1.17 bits per heavy atom. The summed E-state index contributed by atoms with van der Waals surface area (Å²) in [5, 5.41) is 3.07. The van der Waals surface area contributed by atoms with Crippen LogP contribution in [0.4, 0.5) is 10.1 Å². The van der Waals surface area contributed by atoms with Crippen LogP contribution < -0.4 is 14.8 Å². The molecule has 1 N–H and O–H groups in total. The van der Waals surface area contributed by atoms with Gasteiger partial charge in [0.25, 0.3) is 0 Å². The number of anilines is 1. The van der Waals surface area contributed by atoms with Crippen LogP contribution in [0.5, 0.6) is 11.5 Å². The first-order valence-corrected chi connectivity index (χ1v) is 7.36. The number of carbonyl (C=O) groups excluding carboxylic acids is 1. The summed E-state index contributed by atoms with van der Waals surface area (Å²) in [6.45, 7) is 3.65. The van der Waals surface area contributed by atoms with Gasteiger partial charge in [0.1, 0.15) is 11.9 Å². The molecule has 0 aliphatic carbocycles. The largest absolute Gasteiger partial charge is 0.493 e. The van der Waals surface area contributed by atoms with E-state index in [1.807, 2.05) is 31.2 Å². The zero-order valence-corrected chi connectivity index (χ0v) is 13.4. The van der Waals surface area contributed by atoms with E-state index in [0.717, 1.165) is 0 Å². The molecule has 122 valence electrons. The van der Waals surface area contributed by atoms with Gasteiger partial charge in [-0.1, -0.05) is 18.2 Å². The Labute approximate surface area is 135 Å². The predicted octanol–water partition coefficient (Wildman–Crippen LogP) is 3.92. The predicted molar refractivity (Wildman–Crippen MR) is 88.0 cm³/mol. The van der Waals surface area contributed by atoms with E-state index in [-0.39, 0.29) is 17.5 Å². The summed E-state index contributed by atoms with van der Waals surface area (Å²) in [6.07, 6.45) is -0.200. The summed E-state index contributed by atoms with van der Waals surface area (Å²) in [6, 6.07) is 11.9. The second-order valence-electron chi connectivity index (χ2n) is 5.18. The minimum atomic E-state index is -0.527. The van der Waals surface area contributed by atoms with Gasteiger partial charge in [-0.3, -0.25) is 4.79 Å². The number of ketones is 1. The Balaban J connectivity index is 2.04. The fourth-order valence-corrected chi connectivity index (χ4v) is 2.26. The van der Waals surface area contributed by atoms with Crippen LogP contribution in [0.1, 0.15) is 24.2 Å². The highest BCUT2D eigenvalue weighted by atomic mass is 19.1. The molecule has 0 amide bonds. The van der Waals surface area contributed by atoms with Crippen LogP contribution in [-0.4, -0.2) is 25.5 Å². The van der Waals surface area contributed by atoms with Gasteiger partial charge in [-0.05, 0) is 38.1 Å². The lowest BCUT2D eigenvalue weighted by molar-refractivity contribution is 0.101. The molecule has 0 radical (unpaired) electrons. The number of hydrogen-bond donors (Lipinski definition) is 1. The van der Waals surface area contributed by atoms with Crippen LogP contribution in [0.2, 0.25) is 0 Å². The van der Waals surface area contributed by atoms with Crippen molar-refractivity contribution in [3.8, 4) is 11.5 Å². The Bertz CT molecular complexity index is 688. The van der Waals surface area contributed by atoms with E-state index in [1.165, 1.54) is 13.0 Å². The molecule has 4 nitrogen and oxygen atoms in total. The zero-order chi connectivity index (χ0) is 16.8. The molecule has 2 aromatic rings. The number of para-hydroxylation sites is 2. The second-order valence-corrected chi connectivity index (χ2v) is 5.18. The molecule has 5 heteroatoms. The first kappa shape index (κ1) is 16.8. The van der Waals surface area contributed by atoms with E-state index in [0.29, 0.717) is 23.7 Å². The summed E-state index contributed by atoms with van der Waals surface area (Å²) in [7, 11) is 1.58. The van der Waals surface area contributed by atoms with Crippen molar-refractivity contribution in [1.82, 2.24) is 0 Å². The molecule has 1 unspecified atom stereocenters. The monoisotopic (exact) mass is 317 g/mol. The van der Waals surface area contributed by atoms with Gasteiger partial charge in [-0.2, -0.15) is 0 Å². The lowest BCUT2D eigenvalue weighted by Crippen LogP contribution is -2.23. The molecule has 0 heterocycles. The third-order valence-electron chi connectivity index (χ3n) is 3.34. The number of halogens is 1. The summed E-state index contributed by atoms with van der Waals surface area (Å²) < 4.78 is 24.8. The van der Waals surface area contributed by atoms with Crippen LogP contribution in [0.25, 0.3) is 0 Å². The maximum atomic E-state index is 13.8. The standard InChI is InChI=1S/C18H20FNO3/c1-12(23-17-10-5-4-9-16(17)22-3)11-20-15-8-6-7-14(19)18(15)13(2)21/h4-10,12,20H,11H2,1-3H3. The zero-order valence-electron chi connectivity index (χ0n) is 13.4. The van der Waals surface area contributed by atoms with E-state index in [9.17, 15) is 9.18 Å². The van der Waals surface area contributed by atoms with Gasteiger partial charge in [-0.15, -0.1) is 0 Å².